The first-order valence-corrected chi connectivity index (χ1v) is 9.18. The highest BCUT2D eigenvalue weighted by Crippen LogP contribution is 2.30. The van der Waals surface area contributed by atoms with E-state index in [0.29, 0.717) is 11.0 Å². The molecule has 0 radical (unpaired) electrons. The Bertz CT molecular complexity index is 1280. The van der Waals surface area contributed by atoms with Crippen LogP contribution in [-0.4, -0.2) is 9.97 Å². The zero-order chi connectivity index (χ0) is 18.2. The lowest BCUT2D eigenvalue weighted by atomic mass is 10.00. The predicted molar refractivity (Wildman–Crippen MR) is 113 cm³/mol. The van der Waals surface area contributed by atoms with Crippen LogP contribution in [0, 0.1) is 0 Å². The fraction of sp³-hybridized carbons (Fsp3) is 0. The van der Waals surface area contributed by atoms with E-state index in [1.54, 1.807) is 6.07 Å². The highest BCUT2D eigenvalue weighted by Gasteiger charge is 2.09. The number of rotatable bonds is 2. The van der Waals surface area contributed by atoms with Gasteiger partial charge >= 0.3 is 0 Å². The smallest absolute Gasteiger partial charge is 0.161 e. The van der Waals surface area contributed by atoms with Crippen molar-refractivity contribution in [3.8, 4) is 22.6 Å². The molecule has 1 heterocycles. The molecule has 2 nitrogen and oxygen atoms in total. The minimum Gasteiger partial charge on any atom is -0.228 e. The van der Waals surface area contributed by atoms with Gasteiger partial charge in [0.25, 0.3) is 0 Å². The average molecular weight is 367 g/mol. The molecule has 3 heteroatoms. The maximum absolute atomic E-state index is 6.30. The highest BCUT2D eigenvalue weighted by molar-refractivity contribution is 6.29. The number of hydrogen-bond acceptors (Lipinski definition) is 2. The van der Waals surface area contributed by atoms with Gasteiger partial charge in [-0.05, 0) is 27.6 Å². The van der Waals surface area contributed by atoms with Crippen LogP contribution in [-0.2, 0) is 0 Å². The fourth-order valence-corrected chi connectivity index (χ4v) is 3.64. The first-order chi connectivity index (χ1) is 13.3. The molecule has 0 saturated heterocycles. The number of halogens is 1. The molecule has 0 aliphatic heterocycles. The Balaban J connectivity index is 1.67. The van der Waals surface area contributed by atoms with Gasteiger partial charge in [-0.2, -0.15) is 0 Å². The molecule has 0 aliphatic carbocycles. The largest absolute Gasteiger partial charge is 0.228 e. The second-order valence-electron chi connectivity index (χ2n) is 6.49. The van der Waals surface area contributed by atoms with Crippen LogP contribution in [0.25, 0.3) is 44.2 Å². The molecular weight excluding hydrogens is 352 g/mol. The van der Waals surface area contributed by atoms with E-state index in [2.05, 4.69) is 59.6 Å². The summed E-state index contributed by atoms with van der Waals surface area (Å²) in [7, 11) is 0. The minimum atomic E-state index is 0.442. The van der Waals surface area contributed by atoms with Crippen molar-refractivity contribution in [2.45, 2.75) is 0 Å². The van der Waals surface area contributed by atoms with Crippen molar-refractivity contribution in [3.63, 3.8) is 0 Å². The summed E-state index contributed by atoms with van der Waals surface area (Å²) in [6, 6.07) is 30.9. The van der Waals surface area contributed by atoms with E-state index in [1.165, 1.54) is 16.2 Å². The van der Waals surface area contributed by atoms with Crippen molar-refractivity contribution in [1.82, 2.24) is 9.97 Å². The Morgan fingerprint density at radius 2 is 1.30 bits per heavy atom. The summed E-state index contributed by atoms with van der Waals surface area (Å²) in [6.07, 6.45) is 0. The maximum atomic E-state index is 6.30. The van der Waals surface area contributed by atoms with Crippen LogP contribution in [0.2, 0.25) is 5.15 Å². The molecule has 128 valence electrons. The molecule has 0 amide bonds. The molecule has 1 aromatic heterocycles. The lowest BCUT2D eigenvalue weighted by Crippen LogP contribution is -1.93. The van der Waals surface area contributed by atoms with E-state index < -0.39 is 0 Å². The second kappa shape index (κ2) is 6.49. The summed E-state index contributed by atoms with van der Waals surface area (Å²) in [6.45, 7) is 0. The van der Waals surface area contributed by atoms with Gasteiger partial charge in [0.15, 0.2) is 5.82 Å². The lowest BCUT2D eigenvalue weighted by molar-refractivity contribution is 1.18. The van der Waals surface area contributed by atoms with E-state index in [1.807, 2.05) is 30.3 Å². The summed E-state index contributed by atoms with van der Waals surface area (Å²) >= 11 is 6.30. The molecule has 4 aromatic carbocycles. The summed E-state index contributed by atoms with van der Waals surface area (Å²) < 4.78 is 0. The fourth-order valence-electron chi connectivity index (χ4n) is 3.46. The van der Waals surface area contributed by atoms with E-state index >= 15 is 0 Å². The Labute approximate surface area is 162 Å². The van der Waals surface area contributed by atoms with Crippen LogP contribution >= 0.6 is 11.6 Å². The van der Waals surface area contributed by atoms with Gasteiger partial charge in [0.1, 0.15) is 5.15 Å². The number of hydrogen-bond donors (Lipinski definition) is 0. The van der Waals surface area contributed by atoms with Gasteiger partial charge < -0.3 is 0 Å². The van der Waals surface area contributed by atoms with Gasteiger partial charge in [0.05, 0.1) is 5.69 Å². The Morgan fingerprint density at radius 1 is 0.556 bits per heavy atom. The van der Waals surface area contributed by atoms with Crippen molar-refractivity contribution in [3.05, 3.63) is 96.1 Å². The monoisotopic (exact) mass is 366 g/mol. The van der Waals surface area contributed by atoms with E-state index in [-0.39, 0.29) is 0 Å². The van der Waals surface area contributed by atoms with Crippen molar-refractivity contribution in [2.24, 2.45) is 0 Å². The molecule has 0 fully saturated rings. The number of fused-ring (bicyclic) bond motifs is 3. The van der Waals surface area contributed by atoms with Gasteiger partial charge in [-0.3, -0.25) is 0 Å². The molecular formula is C24H15ClN2. The third kappa shape index (κ3) is 2.94. The molecule has 0 N–H and O–H groups in total. The van der Waals surface area contributed by atoms with Crippen molar-refractivity contribution >= 4 is 33.1 Å². The standard InChI is InChI=1S/C24H15ClN2/c25-23-15-22(17-7-2-1-3-8-17)26-24(27-23)19-12-13-21-18(14-19)11-10-16-6-4-5-9-20(16)21/h1-15H. The van der Waals surface area contributed by atoms with Gasteiger partial charge in [0.2, 0.25) is 0 Å². The SMILES string of the molecule is Clc1cc(-c2ccccc2)nc(-c2ccc3c(ccc4ccccc43)c2)n1. The average Bonchev–Trinajstić information content (AvgIpc) is 2.73. The van der Waals surface area contributed by atoms with Crippen LogP contribution in [0.3, 0.4) is 0 Å². The van der Waals surface area contributed by atoms with Crippen molar-refractivity contribution in [2.75, 3.05) is 0 Å². The van der Waals surface area contributed by atoms with Gasteiger partial charge in [-0.1, -0.05) is 90.5 Å². The number of nitrogens with zero attached hydrogens (tertiary/aromatic N) is 2. The maximum Gasteiger partial charge on any atom is 0.161 e. The first kappa shape index (κ1) is 16.0. The normalized spacial score (nSPS) is 11.1. The summed E-state index contributed by atoms with van der Waals surface area (Å²) in [5, 5.41) is 5.32. The lowest BCUT2D eigenvalue weighted by Gasteiger charge is -2.08. The molecule has 0 spiro atoms. The molecule has 0 unspecified atom stereocenters. The van der Waals surface area contributed by atoms with Gasteiger partial charge in [0, 0.05) is 17.2 Å². The molecule has 0 atom stereocenters. The third-order valence-electron chi connectivity index (χ3n) is 4.77. The summed E-state index contributed by atoms with van der Waals surface area (Å²) in [4.78, 5) is 9.20. The van der Waals surface area contributed by atoms with Crippen molar-refractivity contribution < 1.29 is 0 Å². The van der Waals surface area contributed by atoms with E-state index in [9.17, 15) is 0 Å². The number of benzene rings is 4. The van der Waals surface area contributed by atoms with Crippen LogP contribution in [0.15, 0.2) is 91.0 Å². The predicted octanol–water partition coefficient (Wildman–Crippen LogP) is 6.77. The molecule has 0 saturated carbocycles. The molecule has 27 heavy (non-hydrogen) atoms. The molecule has 5 rings (SSSR count). The van der Waals surface area contributed by atoms with Crippen LogP contribution in [0.5, 0.6) is 0 Å². The van der Waals surface area contributed by atoms with Crippen LogP contribution < -0.4 is 0 Å². The zero-order valence-corrected chi connectivity index (χ0v) is 15.2. The summed E-state index contributed by atoms with van der Waals surface area (Å²) in [5.74, 6) is 0.636. The van der Waals surface area contributed by atoms with E-state index in [0.717, 1.165) is 22.2 Å². The second-order valence-corrected chi connectivity index (χ2v) is 6.88. The zero-order valence-electron chi connectivity index (χ0n) is 14.4. The Hall–Kier alpha value is -3.23. The highest BCUT2D eigenvalue weighted by atomic mass is 35.5. The molecule has 5 aromatic rings. The van der Waals surface area contributed by atoms with Crippen molar-refractivity contribution in [1.29, 1.82) is 0 Å². The van der Waals surface area contributed by atoms with Crippen LogP contribution in [0.4, 0.5) is 0 Å². The topological polar surface area (TPSA) is 25.8 Å². The first-order valence-electron chi connectivity index (χ1n) is 8.80. The van der Waals surface area contributed by atoms with Gasteiger partial charge in [-0.25, -0.2) is 9.97 Å². The minimum absolute atomic E-state index is 0.442. The van der Waals surface area contributed by atoms with E-state index in [4.69, 9.17) is 16.6 Å². The molecule has 0 aliphatic rings. The number of aromatic nitrogens is 2. The summed E-state index contributed by atoms with van der Waals surface area (Å²) in [5.41, 5.74) is 2.80. The van der Waals surface area contributed by atoms with Crippen LogP contribution in [0.1, 0.15) is 0 Å². The molecule has 0 bridgehead atoms. The van der Waals surface area contributed by atoms with Gasteiger partial charge in [-0.15, -0.1) is 0 Å². The quantitative estimate of drug-likeness (QED) is 0.254. The third-order valence-corrected chi connectivity index (χ3v) is 4.96. The Kier molecular flexibility index (Phi) is 3.84. The Morgan fingerprint density at radius 3 is 2.19 bits per heavy atom.